The lowest BCUT2D eigenvalue weighted by atomic mass is 9.90. The Bertz CT molecular complexity index is 309. The molecule has 0 aromatic carbocycles. The van der Waals surface area contributed by atoms with Crippen molar-refractivity contribution in [3.63, 3.8) is 0 Å². The van der Waals surface area contributed by atoms with E-state index in [9.17, 15) is 14.7 Å². The second-order valence-electron chi connectivity index (χ2n) is 4.70. The van der Waals surface area contributed by atoms with Crippen molar-refractivity contribution in [2.45, 2.75) is 37.3 Å². The molecular formula is C11H18N2O4. The molecule has 96 valence electrons. The first-order chi connectivity index (χ1) is 8.12. The summed E-state index contributed by atoms with van der Waals surface area (Å²) in [5.74, 6) is -1.22. The Labute approximate surface area is 99.7 Å². The average Bonchev–Trinajstić information content (AvgIpc) is 3.11. The van der Waals surface area contributed by atoms with Gasteiger partial charge in [-0.1, -0.05) is 0 Å². The van der Waals surface area contributed by atoms with Gasteiger partial charge in [-0.15, -0.1) is 0 Å². The highest BCUT2D eigenvalue weighted by molar-refractivity contribution is 5.88. The molecule has 2 aliphatic rings. The number of amides is 1. The predicted octanol–water partition coefficient (Wildman–Crippen LogP) is -0.512. The van der Waals surface area contributed by atoms with E-state index in [2.05, 4.69) is 10.6 Å². The van der Waals surface area contributed by atoms with Gasteiger partial charge in [-0.25, -0.2) is 4.79 Å². The van der Waals surface area contributed by atoms with Crippen molar-refractivity contribution >= 4 is 11.9 Å². The number of carbonyl (C=O) groups is 2. The maximum Gasteiger partial charge on any atom is 0.329 e. The number of rotatable bonds is 5. The first-order valence-corrected chi connectivity index (χ1v) is 5.98. The summed E-state index contributed by atoms with van der Waals surface area (Å²) in [7, 11) is 0. The van der Waals surface area contributed by atoms with Crippen LogP contribution >= 0.6 is 0 Å². The summed E-state index contributed by atoms with van der Waals surface area (Å²) in [6.45, 7) is 0.950. The van der Waals surface area contributed by atoms with Crippen LogP contribution in [0.25, 0.3) is 0 Å². The molecule has 2 rings (SSSR count). The normalized spacial score (nSPS) is 23.1. The molecule has 0 aromatic rings. The number of nitrogens with one attached hydrogen (secondary N) is 2. The van der Waals surface area contributed by atoms with E-state index in [1.165, 1.54) is 0 Å². The zero-order valence-electron chi connectivity index (χ0n) is 9.70. The fraction of sp³-hybridized carbons (Fsp3) is 0.818. The van der Waals surface area contributed by atoms with Crippen molar-refractivity contribution in [1.29, 1.82) is 0 Å². The van der Waals surface area contributed by atoms with Crippen LogP contribution < -0.4 is 10.6 Å². The molecule has 0 atom stereocenters. The van der Waals surface area contributed by atoms with Crippen LogP contribution in [0.3, 0.4) is 0 Å². The minimum Gasteiger partial charge on any atom is -0.480 e. The monoisotopic (exact) mass is 242 g/mol. The number of carboxylic acids is 1. The fourth-order valence-electron chi connectivity index (χ4n) is 1.95. The lowest BCUT2D eigenvalue weighted by Crippen LogP contribution is -2.58. The molecular weight excluding hydrogens is 224 g/mol. The molecule has 0 aromatic heterocycles. The number of hydrogen-bond donors (Lipinski definition) is 3. The molecule has 1 aliphatic carbocycles. The second-order valence-corrected chi connectivity index (χ2v) is 4.70. The van der Waals surface area contributed by atoms with Crippen molar-refractivity contribution in [2.24, 2.45) is 0 Å². The van der Waals surface area contributed by atoms with Crippen LogP contribution in [0.4, 0.5) is 0 Å². The smallest absolute Gasteiger partial charge is 0.329 e. The lowest BCUT2D eigenvalue weighted by molar-refractivity contribution is -0.152. The predicted molar refractivity (Wildman–Crippen MR) is 59.6 cm³/mol. The molecule has 3 N–H and O–H groups in total. The van der Waals surface area contributed by atoms with Gasteiger partial charge in [-0.3, -0.25) is 4.79 Å². The Balaban J connectivity index is 1.86. The van der Waals surface area contributed by atoms with E-state index in [4.69, 9.17) is 4.74 Å². The molecule has 6 heteroatoms. The van der Waals surface area contributed by atoms with Crippen LogP contribution in [0.1, 0.15) is 25.7 Å². The van der Waals surface area contributed by atoms with Gasteiger partial charge in [0.2, 0.25) is 5.91 Å². The van der Waals surface area contributed by atoms with Crippen molar-refractivity contribution in [1.82, 2.24) is 10.6 Å². The van der Waals surface area contributed by atoms with Crippen LogP contribution in [0, 0.1) is 0 Å². The van der Waals surface area contributed by atoms with Gasteiger partial charge in [0, 0.05) is 32.1 Å². The molecule has 1 saturated carbocycles. The third-order valence-corrected chi connectivity index (χ3v) is 3.26. The summed E-state index contributed by atoms with van der Waals surface area (Å²) in [5.41, 5.74) is -1.14. The molecule has 0 spiro atoms. The van der Waals surface area contributed by atoms with E-state index in [0.717, 1.165) is 12.8 Å². The Morgan fingerprint density at radius 1 is 1.29 bits per heavy atom. The van der Waals surface area contributed by atoms with E-state index in [0.29, 0.717) is 32.1 Å². The molecule has 0 bridgehead atoms. The van der Waals surface area contributed by atoms with Crippen LogP contribution in [0.2, 0.25) is 0 Å². The molecule has 17 heavy (non-hydrogen) atoms. The molecule has 6 nitrogen and oxygen atoms in total. The van der Waals surface area contributed by atoms with E-state index in [1.54, 1.807) is 0 Å². The van der Waals surface area contributed by atoms with Crippen molar-refractivity contribution in [3.05, 3.63) is 0 Å². The van der Waals surface area contributed by atoms with Crippen LogP contribution in [-0.2, 0) is 14.3 Å². The summed E-state index contributed by atoms with van der Waals surface area (Å²) in [4.78, 5) is 22.9. The molecule has 1 aliphatic heterocycles. The largest absolute Gasteiger partial charge is 0.480 e. The number of carboxylic acid groups (broad SMARTS) is 1. The Morgan fingerprint density at radius 2 is 1.94 bits per heavy atom. The molecule has 0 radical (unpaired) electrons. The maximum absolute atomic E-state index is 11.7. The Morgan fingerprint density at radius 3 is 2.47 bits per heavy atom. The standard InChI is InChI=1S/C11H18N2O4/c14-9(7-12-8-1-2-8)13-11(10(15)16)3-5-17-6-4-11/h8,12H,1-7H2,(H,13,14)(H,15,16). The third kappa shape index (κ3) is 3.17. The maximum atomic E-state index is 11.7. The minimum absolute atomic E-state index is 0.195. The van der Waals surface area contributed by atoms with Gasteiger partial charge in [-0.05, 0) is 12.8 Å². The lowest BCUT2D eigenvalue weighted by Gasteiger charge is -2.33. The van der Waals surface area contributed by atoms with E-state index < -0.39 is 11.5 Å². The van der Waals surface area contributed by atoms with E-state index >= 15 is 0 Å². The van der Waals surface area contributed by atoms with Gasteiger partial charge >= 0.3 is 5.97 Å². The SMILES string of the molecule is O=C(CNC1CC1)NC1(C(=O)O)CCOCC1. The van der Waals surface area contributed by atoms with Gasteiger partial charge in [-0.2, -0.15) is 0 Å². The number of ether oxygens (including phenoxy) is 1. The van der Waals surface area contributed by atoms with Crippen molar-refractivity contribution in [2.75, 3.05) is 19.8 Å². The minimum atomic E-state index is -1.14. The number of hydrogen-bond acceptors (Lipinski definition) is 4. The van der Waals surface area contributed by atoms with Crippen LogP contribution in [0.5, 0.6) is 0 Å². The second kappa shape index (κ2) is 5.01. The van der Waals surface area contributed by atoms with Gasteiger partial charge < -0.3 is 20.5 Å². The van der Waals surface area contributed by atoms with Crippen LogP contribution in [0.15, 0.2) is 0 Å². The van der Waals surface area contributed by atoms with E-state index in [-0.39, 0.29) is 12.5 Å². The first kappa shape index (κ1) is 12.3. The molecule has 1 amide bonds. The number of carbonyl (C=O) groups excluding carboxylic acids is 1. The highest BCUT2D eigenvalue weighted by Crippen LogP contribution is 2.21. The van der Waals surface area contributed by atoms with Gasteiger partial charge in [0.15, 0.2) is 0 Å². The van der Waals surface area contributed by atoms with Crippen LogP contribution in [-0.4, -0.2) is 48.3 Å². The molecule has 1 saturated heterocycles. The summed E-state index contributed by atoms with van der Waals surface area (Å²) in [5, 5.41) is 14.9. The summed E-state index contributed by atoms with van der Waals surface area (Å²) in [6, 6.07) is 0.441. The van der Waals surface area contributed by atoms with Gasteiger partial charge in [0.05, 0.1) is 6.54 Å². The average molecular weight is 242 g/mol. The molecule has 1 heterocycles. The van der Waals surface area contributed by atoms with Gasteiger partial charge in [0.25, 0.3) is 0 Å². The summed E-state index contributed by atoms with van der Waals surface area (Å²) in [6.07, 6.45) is 2.87. The fourth-order valence-corrected chi connectivity index (χ4v) is 1.95. The van der Waals surface area contributed by atoms with Crippen molar-refractivity contribution < 1.29 is 19.4 Å². The zero-order valence-corrected chi connectivity index (χ0v) is 9.70. The number of aliphatic carboxylic acids is 1. The zero-order chi connectivity index (χ0) is 12.3. The Hall–Kier alpha value is -1.14. The highest BCUT2D eigenvalue weighted by atomic mass is 16.5. The quantitative estimate of drug-likeness (QED) is 0.604. The summed E-state index contributed by atoms with van der Waals surface area (Å²) >= 11 is 0. The van der Waals surface area contributed by atoms with Crippen molar-refractivity contribution in [3.8, 4) is 0 Å². The molecule has 0 unspecified atom stereocenters. The van der Waals surface area contributed by atoms with Gasteiger partial charge in [0.1, 0.15) is 5.54 Å². The summed E-state index contributed by atoms with van der Waals surface area (Å²) < 4.78 is 5.13. The Kier molecular flexibility index (Phi) is 3.63. The first-order valence-electron chi connectivity index (χ1n) is 5.98. The van der Waals surface area contributed by atoms with E-state index in [1.807, 2.05) is 0 Å². The topological polar surface area (TPSA) is 87.7 Å². The third-order valence-electron chi connectivity index (χ3n) is 3.26. The molecule has 2 fully saturated rings. The highest BCUT2D eigenvalue weighted by Gasteiger charge is 2.41.